The number of nitrogens with one attached hydrogen (secondary N) is 1. The van der Waals surface area contributed by atoms with Crippen molar-refractivity contribution < 1.29 is 0 Å². The van der Waals surface area contributed by atoms with E-state index in [4.69, 9.17) is 0 Å². The molecule has 2 heteroatoms. The Morgan fingerprint density at radius 1 is 1.35 bits per heavy atom. The fraction of sp³-hybridized carbons (Fsp3) is 0.467. The van der Waals surface area contributed by atoms with Gasteiger partial charge in [-0.05, 0) is 32.0 Å². The largest absolute Gasteiger partial charge is 0.368 e. The quantitative estimate of drug-likeness (QED) is 0.725. The van der Waals surface area contributed by atoms with E-state index in [1.165, 1.54) is 11.3 Å². The Morgan fingerprint density at radius 3 is 2.59 bits per heavy atom. The average Bonchev–Trinajstić information content (AvgIpc) is 2.38. The predicted octanol–water partition coefficient (Wildman–Crippen LogP) is 3.37. The van der Waals surface area contributed by atoms with Crippen molar-refractivity contribution in [3.8, 4) is 0 Å². The Bertz CT molecular complexity index is 343. The number of hydrogen-bond donors (Lipinski definition) is 1. The van der Waals surface area contributed by atoms with Crippen molar-refractivity contribution in [1.82, 2.24) is 5.32 Å². The third-order valence-electron chi connectivity index (χ3n) is 3.14. The van der Waals surface area contributed by atoms with E-state index in [9.17, 15) is 0 Å². The molecule has 1 aromatic carbocycles. The van der Waals surface area contributed by atoms with Gasteiger partial charge >= 0.3 is 0 Å². The summed E-state index contributed by atoms with van der Waals surface area (Å²) in [5.41, 5.74) is 2.69. The Balaban J connectivity index is 3.08. The molecule has 0 radical (unpaired) electrons. The molecule has 0 heterocycles. The number of benzene rings is 1. The summed E-state index contributed by atoms with van der Waals surface area (Å²) in [4.78, 5) is 2.35. The molecule has 1 N–H and O–H groups in total. The van der Waals surface area contributed by atoms with Crippen molar-refractivity contribution in [3.63, 3.8) is 0 Å². The van der Waals surface area contributed by atoms with Crippen molar-refractivity contribution in [2.75, 3.05) is 25.0 Å². The second-order valence-corrected chi connectivity index (χ2v) is 4.14. The van der Waals surface area contributed by atoms with Crippen LogP contribution in [-0.4, -0.2) is 20.1 Å². The minimum atomic E-state index is 0.421. The molecule has 1 unspecified atom stereocenters. The second-order valence-electron chi connectivity index (χ2n) is 4.14. The molecule has 0 aliphatic rings. The van der Waals surface area contributed by atoms with Gasteiger partial charge in [0.25, 0.3) is 0 Å². The first kappa shape index (κ1) is 13.8. The average molecular weight is 232 g/mol. The van der Waals surface area contributed by atoms with Crippen LogP contribution in [0.4, 0.5) is 5.69 Å². The van der Waals surface area contributed by atoms with Gasteiger partial charge in [0.1, 0.15) is 0 Å². The van der Waals surface area contributed by atoms with Gasteiger partial charge in [0, 0.05) is 24.8 Å². The highest BCUT2D eigenvalue weighted by Gasteiger charge is 2.14. The molecule has 0 aromatic heterocycles. The standard InChI is InChI=1S/C15H24N2/c1-5-12-17(7-3)15-11-9-8-10-13(15)14(6-2)16-4/h5,8-11,14,16H,1,6-7,12H2,2-4H3. The topological polar surface area (TPSA) is 15.3 Å². The molecule has 0 saturated carbocycles. The van der Waals surface area contributed by atoms with Gasteiger partial charge in [-0.1, -0.05) is 31.2 Å². The number of rotatable bonds is 7. The van der Waals surface area contributed by atoms with E-state index in [2.05, 4.69) is 54.9 Å². The van der Waals surface area contributed by atoms with Crippen LogP contribution in [-0.2, 0) is 0 Å². The molecule has 0 aliphatic carbocycles. The van der Waals surface area contributed by atoms with Crippen molar-refractivity contribution in [2.45, 2.75) is 26.3 Å². The number of para-hydroxylation sites is 1. The van der Waals surface area contributed by atoms with Crippen LogP contribution < -0.4 is 10.2 Å². The molecule has 94 valence electrons. The number of likely N-dealkylation sites (N-methyl/N-ethyl adjacent to an activating group) is 1. The summed E-state index contributed by atoms with van der Waals surface area (Å²) in [5, 5.41) is 3.38. The van der Waals surface area contributed by atoms with Crippen LogP contribution in [0.25, 0.3) is 0 Å². The van der Waals surface area contributed by atoms with Crippen LogP contribution in [0.1, 0.15) is 31.9 Å². The molecule has 2 nitrogen and oxygen atoms in total. The summed E-state index contributed by atoms with van der Waals surface area (Å²) in [6.45, 7) is 10.1. The molecule has 0 aliphatic heterocycles. The molecule has 0 bridgehead atoms. The fourth-order valence-corrected chi connectivity index (χ4v) is 2.20. The lowest BCUT2D eigenvalue weighted by Gasteiger charge is -2.27. The summed E-state index contributed by atoms with van der Waals surface area (Å²) in [7, 11) is 2.02. The highest BCUT2D eigenvalue weighted by atomic mass is 15.1. The summed E-state index contributed by atoms with van der Waals surface area (Å²) in [6, 6.07) is 9.05. The van der Waals surface area contributed by atoms with Crippen molar-refractivity contribution in [3.05, 3.63) is 42.5 Å². The van der Waals surface area contributed by atoms with E-state index >= 15 is 0 Å². The highest BCUT2D eigenvalue weighted by Crippen LogP contribution is 2.27. The number of hydrogen-bond acceptors (Lipinski definition) is 2. The van der Waals surface area contributed by atoms with Crippen LogP contribution in [0.5, 0.6) is 0 Å². The monoisotopic (exact) mass is 232 g/mol. The van der Waals surface area contributed by atoms with Gasteiger partial charge in [0.2, 0.25) is 0 Å². The minimum absolute atomic E-state index is 0.421. The molecule has 1 atom stereocenters. The third-order valence-corrected chi connectivity index (χ3v) is 3.14. The van der Waals surface area contributed by atoms with Crippen molar-refractivity contribution >= 4 is 5.69 Å². The van der Waals surface area contributed by atoms with Crippen molar-refractivity contribution in [1.29, 1.82) is 0 Å². The SMILES string of the molecule is C=CCN(CC)c1ccccc1C(CC)NC. The van der Waals surface area contributed by atoms with Crippen LogP contribution in [0.3, 0.4) is 0 Å². The van der Waals surface area contributed by atoms with Gasteiger partial charge in [-0.25, -0.2) is 0 Å². The lowest BCUT2D eigenvalue weighted by atomic mass is 10.0. The molecule has 0 amide bonds. The molecular formula is C15H24N2. The highest BCUT2D eigenvalue weighted by molar-refractivity contribution is 5.55. The van der Waals surface area contributed by atoms with Crippen LogP contribution in [0.15, 0.2) is 36.9 Å². The maximum atomic E-state index is 3.83. The molecule has 1 rings (SSSR count). The van der Waals surface area contributed by atoms with Gasteiger partial charge in [0.15, 0.2) is 0 Å². The Kier molecular flexibility index (Phi) is 5.78. The first-order valence-corrected chi connectivity index (χ1v) is 6.40. The summed E-state index contributed by atoms with van der Waals surface area (Å²) in [5.74, 6) is 0. The zero-order valence-electron chi connectivity index (χ0n) is 11.2. The Hall–Kier alpha value is -1.28. The Morgan fingerprint density at radius 2 is 2.06 bits per heavy atom. The maximum absolute atomic E-state index is 3.83. The van der Waals surface area contributed by atoms with E-state index in [-0.39, 0.29) is 0 Å². The number of nitrogens with zero attached hydrogens (tertiary/aromatic N) is 1. The zero-order valence-corrected chi connectivity index (χ0v) is 11.2. The smallest absolute Gasteiger partial charge is 0.0417 e. The second kappa shape index (κ2) is 7.13. The van der Waals surface area contributed by atoms with E-state index in [0.29, 0.717) is 6.04 Å². The van der Waals surface area contributed by atoms with Gasteiger partial charge < -0.3 is 10.2 Å². The predicted molar refractivity (Wildman–Crippen MR) is 76.6 cm³/mol. The van der Waals surface area contributed by atoms with E-state index in [1.807, 2.05) is 13.1 Å². The molecular weight excluding hydrogens is 208 g/mol. The molecule has 1 aromatic rings. The van der Waals surface area contributed by atoms with Gasteiger partial charge in [0.05, 0.1) is 0 Å². The molecule has 0 fully saturated rings. The van der Waals surface area contributed by atoms with Gasteiger partial charge in [-0.3, -0.25) is 0 Å². The van der Waals surface area contributed by atoms with E-state index in [0.717, 1.165) is 19.5 Å². The van der Waals surface area contributed by atoms with Crippen LogP contribution >= 0.6 is 0 Å². The van der Waals surface area contributed by atoms with Crippen LogP contribution in [0.2, 0.25) is 0 Å². The molecule has 0 spiro atoms. The third kappa shape index (κ3) is 3.34. The minimum Gasteiger partial charge on any atom is -0.368 e. The Labute approximate surface area is 105 Å². The van der Waals surface area contributed by atoms with Gasteiger partial charge in [-0.15, -0.1) is 6.58 Å². The zero-order chi connectivity index (χ0) is 12.7. The molecule has 0 saturated heterocycles. The first-order valence-electron chi connectivity index (χ1n) is 6.40. The molecule has 17 heavy (non-hydrogen) atoms. The van der Waals surface area contributed by atoms with E-state index < -0.39 is 0 Å². The lowest BCUT2D eigenvalue weighted by molar-refractivity contribution is 0.575. The van der Waals surface area contributed by atoms with Crippen molar-refractivity contribution in [2.24, 2.45) is 0 Å². The first-order chi connectivity index (χ1) is 8.28. The summed E-state index contributed by atoms with van der Waals surface area (Å²) >= 11 is 0. The number of anilines is 1. The van der Waals surface area contributed by atoms with E-state index in [1.54, 1.807) is 0 Å². The fourth-order valence-electron chi connectivity index (χ4n) is 2.20. The van der Waals surface area contributed by atoms with Gasteiger partial charge in [-0.2, -0.15) is 0 Å². The maximum Gasteiger partial charge on any atom is 0.0417 e. The normalized spacial score (nSPS) is 12.2. The lowest BCUT2D eigenvalue weighted by Crippen LogP contribution is -2.26. The van der Waals surface area contributed by atoms with Crippen LogP contribution in [0, 0.1) is 0 Å². The summed E-state index contributed by atoms with van der Waals surface area (Å²) in [6.07, 6.45) is 3.06. The summed E-state index contributed by atoms with van der Waals surface area (Å²) < 4.78 is 0.